The minimum absolute atomic E-state index is 0.0626. The van der Waals surface area contributed by atoms with Gasteiger partial charge in [-0.15, -0.1) is 0 Å². The summed E-state index contributed by atoms with van der Waals surface area (Å²) in [4.78, 5) is 15.3. The van der Waals surface area contributed by atoms with E-state index in [0.29, 0.717) is 30.0 Å². The van der Waals surface area contributed by atoms with Crippen LogP contribution in [0.4, 0.5) is 17.6 Å². The van der Waals surface area contributed by atoms with Gasteiger partial charge in [0.2, 0.25) is 5.91 Å². The van der Waals surface area contributed by atoms with Gasteiger partial charge in [0.1, 0.15) is 6.17 Å². The van der Waals surface area contributed by atoms with E-state index >= 15 is 4.39 Å². The van der Waals surface area contributed by atoms with Crippen molar-refractivity contribution in [3.05, 3.63) is 22.8 Å². The van der Waals surface area contributed by atoms with E-state index in [1.165, 1.54) is 11.8 Å². The number of amides is 1. The second-order valence-corrected chi connectivity index (χ2v) is 10.7. The van der Waals surface area contributed by atoms with Crippen LogP contribution in [0.15, 0.2) is 22.8 Å². The zero-order chi connectivity index (χ0) is 24.0. The minimum Gasteiger partial charge on any atom is -0.381 e. The van der Waals surface area contributed by atoms with E-state index in [0.717, 1.165) is 38.6 Å². The van der Waals surface area contributed by atoms with Crippen LogP contribution in [0.5, 0.6) is 0 Å². The molecule has 0 spiro atoms. The molecule has 2 aliphatic carbocycles. The Bertz CT molecular complexity index is 816. The molecule has 0 aromatic carbocycles. The highest BCUT2D eigenvalue weighted by Crippen LogP contribution is 2.48. The van der Waals surface area contributed by atoms with Crippen molar-refractivity contribution < 1.29 is 27.1 Å². The van der Waals surface area contributed by atoms with Crippen LogP contribution in [0, 0.1) is 17.3 Å². The molecule has 0 bridgehead atoms. The maximum absolute atomic E-state index is 15.1. The van der Waals surface area contributed by atoms with Crippen molar-refractivity contribution in [2.24, 2.45) is 17.3 Å². The molecule has 8 heteroatoms. The Labute approximate surface area is 193 Å². The normalized spacial score (nSPS) is 34.0. The number of carbonyl (C=O) groups is 1. The number of hydrogen-bond donors (Lipinski definition) is 1. The lowest BCUT2D eigenvalue weighted by Gasteiger charge is -2.42. The highest BCUT2D eigenvalue weighted by molar-refractivity contribution is 5.84. The molecule has 4 nitrogen and oxygen atoms in total. The van der Waals surface area contributed by atoms with E-state index in [1.54, 1.807) is 0 Å². The Morgan fingerprint density at radius 3 is 2.55 bits per heavy atom. The fourth-order valence-electron chi connectivity index (χ4n) is 6.26. The summed E-state index contributed by atoms with van der Waals surface area (Å²) < 4.78 is 61.0. The third-order valence-corrected chi connectivity index (χ3v) is 8.31. The fraction of sp³-hybridized carbons (Fsp3) is 0.800. The van der Waals surface area contributed by atoms with Crippen LogP contribution in [0.1, 0.15) is 59.3 Å². The number of nitrogens with zero attached hydrogens (tertiary/aromatic N) is 1. The molecule has 0 aromatic heterocycles. The Balaban J connectivity index is 1.51. The number of nitrogens with one attached hydrogen (secondary N) is 1. The Hall–Kier alpha value is -1.41. The van der Waals surface area contributed by atoms with Gasteiger partial charge in [0.05, 0.1) is 12.0 Å². The second-order valence-electron chi connectivity index (χ2n) is 10.7. The lowest BCUT2D eigenvalue weighted by atomic mass is 9.73. The summed E-state index contributed by atoms with van der Waals surface area (Å²) in [5.74, 6) is -0.811. The first kappa shape index (κ1) is 24.7. The molecule has 4 rings (SSSR count). The molecule has 2 heterocycles. The van der Waals surface area contributed by atoms with Gasteiger partial charge in [-0.3, -0.25) is 4.79 Å². The highest BCUT2D eigenvalue weighted by Gasteiger charge is 2.51. The maximum Gasteiger partial charge on any atom is 0.412 e. The predicted octanol–water partition coefficient (Wildman–Crippen LogP) is 4.96. The summed E-state index contributed by atoms with van der Waals surface area (Å²) in [6.07, 6.45) is -0.506. The van der Waals surface area contributed by atoms with Crippen molar-refractivity contribution >= 4 is 5.91 Å². The SMILES string of the molecule is CC1CC2=C(C=C1C(F)(F)F)CN(C(=O)[C@@]1(C(C)C)CC[C@@H](NC3CCOCC3)C1)C[C@H]2F. The van der Waals surface area contributed by atoms with Crippen molar-refractivity contribution in [3.8, 4) is 0 Å². The van der Waals surface area contributed by atoms with Crippen LogP contribution in [-0.2, 0) is 9.53 Å². The third-order valence-electron chi connectivity index (χ3n) is 8.31. The van der Waals surface area contributed by atoms with Crippen LogP contribution in [0.25, 0.3) is 0 Å². The molecule has 2 fully saturated rings. The van der Waals surface area contributed by atoms with Gasteiger partial charge in [0.25, 0.3) is 0 Å². The zero-order valence-corrected chi connectivity index (χ0v) is 19.8. The molecule has 1 amide bonds. The molecule has 2 aliphatic heterocycles. The van der Waals surface area contributed by atoms with Gasteiger partial charge in [0, 0.05) is 37.4 Å². The molecule has 1 N–H and O–H groups in total. The number of alkyl halides is 4. The van der Waals surface area contributed by atoms with E-state index < -0.39 is 29.3 Å². The number of hydrogen-bond acceptors (Lipinski definition) is 3. The van der Waals surface area contributed by atoms with Gasteiger partial charge < -0.3 is 15.0 Å². The quantitative estimate of drug-likeness (QED) is 0.589. The third kappa shape index (κ3) is 4.88. The topological polar surface area (TPSA) is 41.6 Å². The summed E-state index contributed by atoms with van der Waals surface area (Å²) >= 11 is 0. The molecule has 1 saturated heterocycles. The molecule has 4 atom stereocenters. The summed E-state index contributed by atoms with van der Waals surface area (Å²) in [6, 6.07) is 0.599. The first-order valence-corrected chi connectivity index (χ1v) is 12.3. The van der Waals surface area contributed by atoms with Crippen molar-refractivity contribution in [2.45, 2.75) is 83.7 Å². The molecule has 1 saturated carbocycles. The molecule has 4 aliphatic rings. The lowest BCUT2D eigenvalue weighted by molar-refractivity contribution is -0.145. The summed E-state index contributed by atoms with van der Waals surface area (Å²) in [5, 5.41) is 3.70. The highest BCUT2D eigenvalue weighted by atomic mass is 19.4. The predicted molar refractivity (Wildman–Crippen MR) is 118 cm³/mol. The van der Waals surface area contributed by atoms with E-state index in [1.807, 2.05) is 13.8 Å². The van der Waals surface area contributed by atoms with Crippen LogP contribution in [-0.4, -0.2) is 61.5 Å². The largest absolute Gasteiger partial charge is 0.412 e. The van der Waals surface area contributed by atoms with Crippen molar-refractivity contribution in [1.29, 1.82) is 0 Å². The summed E-state index contributed by atoms with van der Waals surface area (Å²) in [7, 11) is 0. The van der Waals surface area contributed by atoms with Gasteiger partial charge in [0.15, 0.2) is 0 Å². The summed E-state index contributed by atoms with van der Waals surface area (Å²) in [6.45, 7) is 7.03. The van der Waals surface area contributed by atoms with Gasteiger partial charge in [-0.05, 0) is 67.6 Å². The van der Waals surface area contributed by atoms with Gasteiger partial charge in [-0.2, -0.15) is 13.2 Å². The molecule has 0 aromatic rings. The van der Waals surface area contributed by atoms with Crippen LogP contribution >= 0.6 is 0 Å². The van der Waals surface area contributed by atoms with Crippen LogP contribution in [0.3, 0.4) is 0 Å². The number of rotatable bonds is 4. The standard InChI is InChI=1S/C25H36F4N2O2/c1-15(2)24(7-4-19(12-24)30-18-5-8-33-9-6-18)23(32)31-13-17-11-21(25(27,28)29)16(3)10-20(17)22(26)14-31/h11,15-16,18-19,22,30H,4-10,12-14H2,1-3H3/t16?,19-,22-,24+/m1/s1. The Morgan fingerprint density at radius 2 is 1.91 bits per heavy atom. The smallest absolute Gasteiger partial charge is 0.381 e. The fourth-order valence-corrected chi connectivity index (χ4v) is 6.26. The van der Waals surface area contributed by atoms with Gasteiger partial charge in [-0.1, -0.05) is 20.8 Å². The average Bonchev–Trinajstić information content (AvgIpc) is 3.18. The number of ether oxygens (including phenoxy) is 1. The zero-order valence-electron chi connectivity index (χ0n) is 19.8. The first-order chi connectivity index (χ1) is 15.5. The molecule has 33 heavy (non-hydrogen) atoms. The van der Waals surface area contributed by atoms with E-state index in [4.69, 9.17) is 4.74 Å². The summed E-state index contributed by atoms with van der Waals surface area (Å²) in [5.41, 5.74) is -0.466. The van der Waals surface area contributed by atoms with Gasteiger partial charge >= 0.3 is 6.18 Å². The first-order valence-electron chi connectivity index (χ1n) is 12.3. The van der Waals surface area contributed by atoms with Crippen LogP contribution < -0.4 is 5.32 Å². The molecular formula is C25H36F4N2O2. The maximum atomic E-state index is 15.1. The van der Waals surface area contributed by atoms with E-state index in [-0.39, 0.29) is 37.4 Å². The monoisotopic (exact) mass is 472 g/mol. The van der Waals surface area contributed by atoms with Gasteiger partial charge in [-0.25, -0.2) is 4.39 Å². The Kier molecular flexibility index (Phi) is 6.98. The van der Waals surface area contributed by atoms with Crippen molar-refractivity contribution in [1.82, 2.24) is 10.2 Å². The van der Waals surface area contributed by atoms with E-state index in [9.17, 15) is 18.0 Å². The molecule has 1 unspecified atom stereocenters. The van der Waals surface area contributed by atoms with E-state index in [2.05, 4.69) is 5.32 Å². The second kappa shape index (κ2) is 9.33. The number of allylic oxidation sites excluding steroid dienone is 1. The van der Waals surface area contributed by atoms with Crippen LogP contribution in [0.2, 0.25) is 0 Å². The molecule has 0 radical (unpaired) electrons. The molecular weight excluding hydrogens is 436 g/mol. The van der Waals surface area contributed by atoms with Crippen molar-refractivity contribution in [2.75, 3.05) is 26.3 Å². The lowest BCUT2D eigenvalue weighted by Crippen LogP contribution is -2.51. The number of carbonyl (C=O) groups excluding carboxylic acids is 1. The average molecular weight is 473 g/mol. The van der Waals surface area contributed by atoms with Crippen molar-refractivity contribution in [3.63, 3.8) is 0 Å². The Morgan fingerprint density at radius 1 is 1.21 bits per heavy atom. The minimum atomic E-state index is -4.44. The molecule has 186 valence electrons. The number of halogens is 4.